The number of phenols is 1. The van der Waals surface area contributed by atoms with Gasteiger partial charge in [-0.1, -0.05) is 40.7 Å². The maximum absolute atomic E-state index is 10.5. The maximum Gasteiger partial charge on any atom is 0.119 e. The predicted octanol–water partition coefficient (Wildman–Crippen LogP) is 4.52. The van der Waals surface area contributed by atoms with Gasteiger partial charge in [0.05, 0.1) is 6.10 Å². The molecule has 0 radical (unpaired) electrons. The van der Waals surface area contributed by atoms with Crippen LogP contribution >= 0.6 is 0 Å². The minimum Gasteiger partial charge on any atom is -0.508 e. The summed E-state index contributed by atoms with van der Waals surface area (Å²) in [6.45, 7) is 11.1. The van der Waals surface area contributed by atoms with Gasteiger partial charge in [0.25, 0.3) is 0 Å². The Morgan fingerprint density at radius 1 is 1.14 bits per heavy atom. The Hall–Kier alpha value is -1.02. The zero-order valence-electron chi connectivity index (χ0n) is 14.6. The Morgan fingerprint density at radius 3 is 2.45 bits per heavy atom. The van der Waals surface area contributed by atoms with E-state index in [1.807, 2.05) is 6.07 Å². The molecule has 0 aromatic heterocycles. The quantitative estimate of drug-likeness (QED) is 0.801. The summed E-state index contributed by atoms with van der Waals surface area (Å²) in [7, 11) is 0. The van der Waals surface area contributed by atoms with Gasteiger partial charge in [-0.25, -0.2) is 0 Å². The van der Waals surface area contributed by atoms with Crippen molar-refractivity contribution in [2.24, 2.45) is 11.3 Å². The van der Waals surface area contributed by atoms with Crippen LogP contribution in [0.2, 0.25) is 0 Å². The highest BCUT2D eigenvalue weighted by Gasteiger charge is 2.52. The molecular weight excluding hydrogens is 272 g/mol. The lowest BCUT2D eigenvalue weighted by molar-refractivity contribution is -0.0384. The van der Waals surface area contributed by atoms with E-state index in [2.05, 4.69) is 40.7 Å². The molecule has 2 aliphatic rings. The van der Waals surface area contributed by atoms with Crippen LogP contribution in [0, 0.1) is 11.3 Å². The summed E-state index contributed by atoms with van der Waals surface area (Å²) in [5.74, 6) is 1.33. The minimum atomic E-state index is -0.242. The lowest BCUT2D eigenvalue weighted by atomic mass is 9.49. The first-order valence-electron chi connectivity index (χ1n) is 8.69. The van der Waals surface area contributed by atoms with Crippen LogP contribution in [-0.2, 0) is 11.8 Å². The molecule has 22 heavy (non-hydrogen) atoms. The van der Waals surface area contributed by atoms with E-state index >= 15 is 0 Å². The molecule has 1 unspecified atom stereocenters. The topological polar surface area (TPSA) is 40.5 Å². The van der Waals surface area contributed by atoms with Crippen LogP contribution in [0.25, 0.3) is 0 Å². The average Bonchev–Trinajstić information content (AvgIpc) is 2.36. The van der Waals surface area contributed by atoms with Gasteiger partial charge in [0, 0.05) is 0 Å². The molecule has 3 atom stereocenters. The molecule has 1 aromatic rings. The summed E-state index contributed by atoms with van der Waals surface area (Å²) in [6.07, 6.45) is 3.74. The third kappa shape index (κ3) is 2.27. The van der Waals surface area contributed by atoms with Crippen LogP contribution in [-0.4, -0.2) is 16.3 Å². The highest BCUT2D eigenvalue weighted by atomic mass is 16.3. The largest absolute Gasteiger partial charge is 0.508 e. The third-order valence-corrected chi connectivity index (χ3v) is 6.33. The Morgan fingerprint density at radius 2 is 1.82 bits per heavy atom. The lowest BCUT2D eigenvalue weighted by Crippen LogP contribution is -2.52. The number of aliphatic hydroxyl groups is 1. The molecule has 122 valence electrons. The summed E-state index contributed by atoms with van der Waals surface area (Å²) >= 11 is 0. The molecule has 2 nitrogen and oxygen atoms in total. The minimum absolute atomic E-state index is 0.0261. The van der Waals surface area contributed by atoms with Crippen LogP contribution in [0.4, 0.5) is 0 Å². The highest BCUT2D eigenvalue weighted by Crippen LogP contribution is 2.57. The van der Waals surface area contributed by atoms with Crippen LogP contribution in [0.1, 0.15) is 76.5 Å². The fourth-order valence-corrected chi connectivity index (χ4v) is 5.48. The summed E-state index contributed by atoms with van der Waals surface area (Å²) in [5, 5.41) is 20.9. The summed E-state index contributed by atoms with van der Waals surface area (Å²) < 4.78 is 0. The number of aromatic hydroxyl groups is 1. The number of hydrogen-bond donors (Lipinski definition) is 2. The number of aliphatic hydroxyl groups excluding tert-OH is 1. The zero-order chi connectivity index (χ0) is 16.3. The van der Waals surface area contributed by atoms with Gasteiger partial charge in [0.2, 0.25) is 0 Å². The van der Waals surface area contributed by atoms with Crippen LogP contribution < -0.4 is 0 Å². The van der Waals surface area contributed by atoms with E-state index in [1.165, 1.54) is 17.5 Å². The number of benzene rings is 1. The summed E-state index contributed by atoms with van der Waals surface area (Å²) in [4.78, 5) is 0. The van der Waals surface area contributed by atoms with Crippen LogP contribution in [0.3, 0.4) is 0 Å². The van der Waals surface area contributed by atoms with Crippen molar-refractivity contribution < 1.29 is 10.2 Å². The van der Waals surface area contributed by atoms with Crippen LogP contribution in [0.5, 0.6) is 5.75 Å². The van der Waals surface area contributed by atoms with Gasteiger partial charge in [0.1, 0.15) is 5.75 Å². The van der Waals surface area contributed by atoms with Crippen molar-refractivity contribution >= 4 is 0 Å². The number of fused-ring (bicyclic) bond motifs is 3. The number of aryl methyl sites for hydroxylation is 1. The molecule has 0 amide bonds. The number of hydrogen-bond acceptors (Lipinski definition) is 2. The smallest absolute Gasteiger partial charge is 0.119 e. The molecule has 0 spiro atoms. The molecule has 1 fully saturated rings. The lowest BCUT2D eigenvalue weighted by Gasteiger charge is -2.55. The molecule has 2 heteroatoms. The molecule has 0 heterocycles. The fraction of sp³-hybridized carbons (Fsp3) is 0.700. The summed E-state index contributed by atoms with van der Waals surface area (Å²) in [5.41, 5.74) is 3.83. The molecule has 1 aromatic carbocycles. The second kappa shape index (κ2) is 4.99. The normalized spacial score (nSPS) is 33.4. The van der Waals surface area contributed by atoms with Crippen molar-refractivity contribution in [3.63, 3.8) is 0 Å². The van der Waals surface area contributed by atoms with E-state index in [1.54, 1.807) is 0 Å². The van der Waals surface area contributed by atoms with E-state index in [0.717, 1.165) is 24.8 Å². The van der Waals surface area contributed by atoms with Crippen molar-refractivity contribution in [1.82, 2.24) is 0 Å². The van der Waals surface area contributed by atoms with E-state index in [-0.39, 0.29) is 16.9 Å². The first kappa shape index (κ1) is 15.9. The van der Waals surface area contributed by atoms with E-state index in [0.29, 0.717) is 17.6 Å². The predicted molar refractivity (Wildman–Crippen MR) is 90.4 cm³/mol. The Labute approximate surface area is 134 Å². The number of rotatable bonds is 1. The first-order valence-corrected chi connectivity index (χ1v) is 8.69. The van der Waals surface area contributed by atoms with Crippen molar-refractivity contribution in [2.45, 2.75) is 77.7 Å². The molecule has 2 N–H and O–H groups in total. The Balaban J connectivity index is 2.13. The SMILES string of the molecule is CC(C)c1cc2c(cc1O)[C@@]1(C)CC(O)CC(C)(C)[C@@H]1CC2. The Kier molecular flexibility index (Phi) is 3.60. The second-order valence-electron chi connectivity index (χ2n) is 8.78. The van der Waals surface area contributed by atoms with Gasteiger partial charge in [0.15, 0.2) is 0 Å². The molecule has 0 aliphatic heterocycles. The van der Waals surface area contributed by atoms with Gasteiger partial charge >= 0.3 is 0 Å². The molecule has 0 saturated heterocycles. The highest BCUT2D eigenvalue weighted by molar-refractivity contribution is 5.48. The average molecular weight is 302 g/mol. The van der Waals surface area contributed by atoms with Crippen LogP contribution in [0.15, 0.2) is 12.1 Å². The standard InChI is InChI=1S/C20H30O2/c1-12(2)15-8-13-6-7-18-19(3,4)10-14(21)11-20(18,5)16(13)9-17(15)22/h8-9,12,14,18,21-22H,6-7,10-11H2,1-5H3/t14?,18-,20+/m0/s1. The van der Waals surface area contributed by atoms with Crippen molar-refractivity contribution in [3.8, 4) is 5.75 Å². The monoisotopic (exact) mass is 302 g/mol. The fourth-order valence-electron chi connectivity index (χ4n) is 5.48. The van der Waals surface area contributed by atoms with E-state index < -0.39 is 0 Å². The molecule has 3 rings (SSSR count). The zero-order valence-corrected chi connectivity index (χ0v) is 14.6. The van der Waals surface area contributed by atoms with Crippen molar-refractivity contribution in [2.75, 3.05) is 0 Å². The molecule has 1 saturated carbocycles. The van der Waals surface area contributed by atoms with Gasteiger partial charge in [-0.2, -0.15) is 0 Å². The van der Waals surface area contributed by atoms with Gasteiger partial charge in [-0.05, 0) is 71.1 Å². The third-order valence-electron chi connectivity index (χ3n) is 6.33. The molecule has 0 bridgehead atoms. The number of phenolic OH excluding ortho intramolecular Hbond substituents is 1. The van der Waals surface area contributed by atoms with Gasteiger partial charge in [-0.3, -0.25) is 0 Å². The Bertz CT molecular complexity index is 588. The maximum atomic E-state index is 10.5. The van der Waals surface area contributed by atoms with Gasteiger partial charge in [-0.15, -0.1) is 0 Å². The van der Waals surface area contributed by atoms with Crippen molar-refractivity contribution in [3.05, 3.63) is 28.8 Å². The molecule has 2 aliphatic carbocycles. The van der Waals surface area contributed by atoms with Gasteiger partial charge < -0.3 is 10.2 Å². The van der Waals surface area contributed by atoms with E-state index in [4.69, 9.17) is 0 Å². The second-order valence-corrected chi connectivity index (χ2v) is 8.78. The summed E-state index contributed by atoms with van der Waals surface area (Å²) in [6, 6.07) is 4.22. The first-order chi connectivity index (χ1) is 10.1. The van der Waals surface area contributed by atoms with E-state index in [9.17, 15) is 10.2 Å². The molecular formula is C20H30O2. The van der Waals surface area contributed by atoms with Crippen molar-refractivity contribution in [1.29, 1.82) is 0 Å².